The minimum absolute atomic E-state index is 0.153. The van der Waals surface area contributed by atoms with Crippen molar-refractivity contribution >= 4 is 11.6 Å². The van der Waals surface area contributed by atoms with Gasteiger partial charge in [-0.1, -0.05) is 17.7 Å². The van der Waals surface area contributed by atoms with Gasteiger partial charge < -0.3 is 10.4 Å². The Balaban J connectivity index is 2.00. The van der Waals surface area contributed by atoms with Crippen LogP contribution in [0, 0.1) is 0 Å². The Kier molecular flexibility index (Phi) is 3.46. The molecule has 4 heteroatoms. The summed E-state index contributed by atoms with van der Waals surface area (Å²) in [5, 5.41) is 13.0. The second kappa shape index (κ2) is 4.84. The molecule has 0 aliphatic carbocycles. The van der Waals surface area contributed by atoms with Crippen molar-refractivity contribution in [3.05, 3.63) is 28.8 Å². The molecule has 0 radical (unpaired) electrons. The van der Waals surface area contributed by atoms with Gasteiger partial charge in [-0.05, 0) is 17.7 Å². The average molecular weight is 227 g/mol. The number of nitrogens with zero attached hydrogens (tertiary/aromatic N) is 1. The van der Waals surface area contributed by atoms with Crippen molar-refractivity contribution in [2.75, 3.05) is 26.2 Å². The summed E-state index contributed by atoms with van der Waals surface area (Å²) in [6.45, 7) is 5.14. The van der Waals surface area contributed by atoms with Gasteiger partial charge in [0.05, 0.1) is 5.02 Å². The summed E-state index contributed by atoms with van der Waals surface area (Å²) < 4.78 is 0. The lowest BCUT2D eigenvalue weighted by Gasteiger charge is -2.27. The first-order valence-electron chi connectivity index (χ1n) is 5.16. The maximum atomic E-state index is 9.29. The normalized spacial score (nSPS) is 17.9. The van der Waals surface area contributed by atoms with Crippen LogP contribution in [0.15, 0.2) is 18.2 Å². The lowest BCUT2D eigenvalue weighted by Crippen LogP contribution is -2.42. The molecule has 1 aliphatic rings. The highest BCUT2D eigenvalue weighted by Crippen LogP contribution is 2.24. The molecular formula is C11H15ClN2O. The van der Waals surface area contributed by atoms with Gasteiger partial charge >= 0.3 is 0 Å². The van der Waals surface area contributed by atoms with Gasteiger partial charge in [-0.25, -0.2) is 0 Å². The van der Waals surface area contributed by atoms with Crippen molar-refractivity contribution in [2.24, 2.45) is 0 Å². The van der Waals surface area contributed by atoms with E-state index in [0.717, 1.165) is 38.3 Å². The molecule has 1 saturated heterocycles. The van der Waals surface area contributed by atoms with E-state index >= 15 is 0 Å². The first-order valence-corrected chi connectivity index (χ1v) is 5.54. The first kappa shape index (κ1) is 10.7. The van der Waals surface area contributed by atoms with Crippen molar-refractivity contribution in [2.45, 2.75) is 6.54 Å². The molecule has 1 aromatic carbocycles. The predicted molar refractivity (Wildman–Crippen MR) is 61.3 cm³/mol. The van der Waals surface area contributed by atoms with Crippen LogP contribution >= 0.6 is 11.6 Å². The van der Waals surface area contributed by atoms with E-state index in [9.17, 15) is 5.11 Å². The lowest BCUT2D eigenvalue weighted by atomic mass is 10.2. The molecule has 0 saturated carbocycles. The van der Waals surface area contributed by atoms with Crippen LogP contribution in [-0.2, 0) is 6.54 Å². The molecule has 0 aromatic heterocycles. The molecule has 2 N–H and O–H groups in total. The summed E-state index contributed by atoms with van der Waals surface area (Å²) in [6.07, 6.45) is 0. The molecule has 0 amide bonds. The lowest BCUT2D eigenvalue weighted by molar-refractivity contribution is 0.233. The van der Waals surface area contributed by atoms with E-state index in [-0.39, 0.29) is 5.75 Å². The summed E-state index contributed by atoms with van der Waals surface area (Å²) in [6, 6.07) is 5.40. The summed E-state index contributed by atoms with van der Waals surface area (Å²) in [5.41, 5.74) is 1.15. The Bertz CT molecular complexity index is 337. The van der Waals surface area contributed by atoms with E-state index < -0.39 is 0 Å². The second-order valence-electron chi connectivity index (χ2n) is 3.81. The molecule has 82 valence electrons. The maximum Gasteiger partial charge on any atom is 0.134 e. The summed E-state index contributed by atoms with van der Waals surface area (Å²) in [5.74, 6) is 0.153. The quantitative estimate of drug-likeness (QED) is 0.802. The van der Waals surface area contributed by atoms with Crippen LogP contribution in [0.5, 0.6) is 5.75 Å². The van der Waals surface area contributed by atoms with Crippen LogP contribution in [0.2, 0.25) is 5.02 Å². The van der Waals surface area contributed by atoms with E-state index in [2.05, 4.69) is 10.2 Å². The van der Waals surface area contributed by atoms with Gasteiger partial charge in [0.2, 0.25) is 0 Å². The number of nitrogens with one attached hydrogen (secondary N) is 1. The standard InChI is InChI=1S/C11H15ClN2O/c12-10-7-9(1-2-11(10)15)8-14-5-3-13-4-6-14/h1-2,7,13,15H,3-6,8H2. The molecule has 0 unspecified atom stereocenters. The van der Waals surface area contributed by atoms with Crippen molar-refractivity contribution in [3.63, 3.8) is 0 Å². The van der Waals surface area contributed by atoms with Gasteiger partial charge in [-0.3, -0.25) is 4.90 Å². The van der Waals surface area contributed by atoms with E-state index in [4.69, 9.17) is 11.6 Å². The number of rotatable bonds is 2. The van der Waals surface area contributed by atoms with Gasteiger partial charge in [0.25, 0.3) is 0 Å². The van der Waals surface area contributed by atoms with Gasteiger partial charge in [-0.2, -0.15) is 0 Å². The second-order valence-corrected chi connectivity index (χ2v) is 4.22. The zero-order valence-corrected chi connectivity index (χ0v) is 9.30. The predicted octanol–water partition coefficient (Wildman–Crippen LogP) is 1.45. The number of benzene rings is 1. The monoisotopic (exact) mass is 226 g/mol. The van der Waals surface area contributed by atoms with Crippen LogP contribution in [0.25, 0.3) is 0 Å². The van der Waals surface area contributed by atoms with Crippen molar-refractivity contribution < 1.29 is 5.11 Å². The summed E-state index contributed by atoms with van der Waals surface area (Å²) in [7, 11) is 0. The Morgan fingerprint density at radius 2 is 2.07 bits per heavy atom. The zero-order chi connectivity index (χ0) is 10.7. The fourth-order valence-electron chi connectivity index (χ4n) is 1.78. The van der Waals surface area contributed by atoms with E-state index in [1.54, 1.807) is 6.07 Å². The van der Waals surface area contributed by atoms with E-state index in [1.807, 2.05) is 12.1 Å². The largest absolute Gasteiger partial charge is 0.506 e. The minimum atomic E-state index is 0.153. The third-order valence-corrected chi connectivity index (χ3v) is 2.93. The highest BCUT2D eigenvalue weighted by Gasteiger charge is 2.10. The van der Waals surface area contributed by atoms with E-state index in [1.165, 1.54) is 0 Å². The number of phenolic OH excluding ortho intramolecular Hbond substituents is 1. The molecule has 0 atom stereocenters. The van der Waals surface area contributed by atoms with Crippen LogP contribution < -0.4 is 5.32 Å². The molecule has 1 fully saturated rings. The highest BCUT2D eigenvalue weighted by molar-refractivity contribution is 6.32. The third-order valence-electron chi connectivity index (χ3n) is 2.63. The van der Waals surface area contributed by atoms with Gasteiger partial charge in [0, 0.05) is 32.7 Å². The van der Waals surface area contributed by atoms with E-state index in [0.29, 0.717) is 5.02 Å². The fourth-order valence-corrected chi connectivity index (χ4v) is 1.98. The molecular weight excluding hydrogens is 212 g/mol. The van der Waals surface area contributed by atoms with Crippen LogP contribution in [0.4, 0.5) is 0 Å². The zero-order valence-electron chi connectivity index (χ0n) is 8.54. The number of aromatic hydroxyl groups is 1. The van der Waals surface area contributed by atoms with Gasteiger partial charge in [0.1, 0.15) is 5.75 Å². The number of hydrogen-bond donors (Lipinski definition) is 2. The molecule has 15 heavy (non-hydrogen) atoms. The van der Waals surface area contributed by atoms with Crippen LogP contribution in [-0.4, -0.2) is 36.2 Å². The third kappa shape index (κ3) is 2.84. The Labute approximate surface area is 94.7 Å². The number of hydrogen-bond acceptors (Lipinski definition) is 3. The van der Waals surface area contributed by atoms with Crippen molar-refractivity contribution in [1.82, 2.24) is 10.2 Å². The molecule has 0 spiro atoms. The molecule has 0 bridgehead atoms. The maximum absolute atomic E-state index is 9.29. The molecule has 2 rings (SSSR count). The van der Waals surface area contributed by atoms with Crippen LogP contribution in [0.3, 0.4) is 0 Å². The SMILES string of the molecule is Oc1ccc(CN2CCNCC2)cc1Cl. The molecule has 3 nitrogen and oxygen atoms in total. The molecule has 1 heterocycles. The summed E-state index contributed by atoms with van der Waals surface area (Å²) >= 11 is 5.85. The van der Waals surface area contributed by atoms with Gasteiger partial charge in [0.15, 0.2) is 0 Å². The molecule has 1 aliphatic heterocycles. The van der Waals surface area contributed by atoms with Crippen molar-refractivity contribution in [1.29, 1.82) is 0 Å². The van der Waals surface area contributed by atoms with Gasteiger partial charge in [-0.15, -0.1) is 0 Å². The topological polar surface area (TPSA) is 35.5 Å². The number of piperazine rings is 1. The molecule has 1 aromatic rings. The van der Waals surface area contributed by atoms with Crippen molar-refractivity contribution in [3.8, 4) is 5.75 Å². The van der Waals surface area contributed by atoms with Crippen LogP contribution in [0.1, 0.15) is 5.56 Å². The Hall–Kier alpha value is -0.770. The minimum Gasteiger partial charge on any atom is -0.506 e. The Morgan fingerprint density at radius 3 is 2.73 bits per heavy atom. The smallest absolute Gasteiger partial charge is 0.134 e. The number of halogens is 1. The summed E-state index contributed by atoms with van der Waals surface area (Å²) in [4.78, 5) is 2.37. The number of phenols is 1. The average Bonchev–Trinajstić information content (AvgIpc) is 2.25. The Morgan fingerprint density at radius 1 is 1.33 bits per heavy atom. The fraction of sp³-hybridized carbons (Fsp3) is 0.455. The highest BCUT2D eigenvalue weighted by atomic mass is 35.5. The first-order chi connectivity index (χ1) is 7.25.